The van der Waals surface area contributed by atoms with E-state index in [0.717, 1.165) is 17.1 Å². The van der Waals surface area contributed by atoms with Crippen molar-refractivity contribution in [2.75, 3.05) is 4.90 Å². The number of rotatable bonds is 4. The van der Waals surface area contributed by atoms with Crippen LogP contribution in [0, 0.1) is 0 Å². The fraction of sp³-hybridized carbons (Fsp3) is 0. The maximum absolute atomic E-state index is 2.46. The summed E-state index contributed by atoms with van der Waals surface area (Å²) < 4.78 is 5.01. The first-order valence-corrected chi connectivity index (χ1v) is 16.8. The number of thiophene rings is 1. The highest BCUT2D eigenvalue weighted by molar-refractivity contribution is 7.25. The summed E-state index contributed by atoms with van der Waals surface area (Å²) in [5.74, 6) is 0. The molecular weight excluding hydrogens is 589 g/mol. The predicted molar refractivity (Wildman–Crippen MR) is 203 cm³/mol. The van der Waals surface area contributed by atoms with Gasteiger partial charge < -0.3 is 9.47 Å². The Morgan fingerprint density at radius 3 is 1.83 bits per heavy atom. The van der Waals surface area contributed by atoms with Crippen LogP contribution in [0.15, 0.2) is 170 Å². The van der Waals surface area contributed by atoms with E-state index < -0.39 is 0 Å². The topological polar surface area (TPSA) is 8.17 Å². The van der Waals surface area contributed by atoms with E-state index in [9.17, 15) is 0 Å². The second kappa shape index (κ2) is 10.3. The SMILES string of the molecule is c1ccc(-n2c3ccccc3c3ccc(N(c4ccc5c(c4)sc4ccccc45)c4cc5ccccc5c5ccccc45)cc32)cc1. The van der Waals surface area contributed by atoms with E-state index in [1.54, 1.807) is 0 Å². The van der Waals surface area contributed by atoms with Crippen LogP contribution in [0.2, 0.25) is 0 Å². The second-order valence-corrected chi connectivity index (χ2v) is 13.2. The van der Waals surface area contributed by atoms with E-state index in [0.29, 0.717) is 0 Å². The third-order valence-electron chi connectivity index (χ3n) is 9.54. The monoisotopic (exact) mass is 616 g/mol. The largest absolute Gasteiger partial charge is 0.310 e. The zero-order valence-electron chi connectivity index (χ0n) is 25.5. The molecule has 0 saturated heterocycles. The number of nitrogens with zero attached hydrogens (tertiary/aromatic N) is 2. The van der Waals surface area contributed by atoms with Crippen LogP contribution in [-0.4, -0.2) is 4.57 Å². The van der Waals surface area contributed by atoms with Crippen molar-refractivity contribution < 1.29 is 0 Å². The van der Waals surface area contributed by atoms with Crippen LogP contribution in [0.1, 0.15) is 0 Å². The second-order valence-electron chi connectivity index (χ2n) is 12.2. The van der Waals surface area contributed by atoms with E-state index in [2.05, 4.69) is 179 Å². The Kier molecular flexibility index (Phi) is 5.78. The van der Waals surface area contributed by atoms with Crippen LogP contribution in [0.5, 0.6) is 0 Å². The molecule has 0 amide bonds. The molecule has 2 nitrogen and oxygen atoms in total. The lowest BCUT2D eigenvalue weighted by Gasteiger charge is -2.28. The molecule has 0 aliphatic heterocycles. The summed E-state index contributed by atoms with van der Waals surface area (Å²) in [7, 11) is 0. The number of para-hydroxylation sites is 2. The summed E-state index contributed by atoms with van der Waals surface area (Å²) in [4.78, 5) is 2.46. The van der Waals surface area contributed by atoms with Gasteiger partial charge in [0.2, 0.25) is 0 Å². The van der Waals surface area contributed by atoms with Crippen molar-refractivity contribution in [3.63, 3.8) is 0 Å². The van der Waals surface area contributed by atoms with Crippen molar-refractivity contribution in [1.29, 1.82) is 0 Å². The highest BCUT2D eigenvalue weighted by Gasteiger charge is 2.21. The van der Waals surface area contributed by atoms with E-state index in [4.69, 9.17) is 0 Å². The maximum Gasteiger partial charge on any atom is 0.0561 e. The molecule has 0 unspecified atom stereocenters. The fourth-order valence-electron chi connectivity index (χ4n) is 7.45. The smallest absolute Gasteiger partial charge is 0.0561 e. The first-order chi connectivity index (χ1) is 23.3. The zero-order valence-corrected chi connectivity index (χ0v) is 26.3. The van der Waals surface area contributed by atoms with Gasteiger partial charge in [0.05, 0.1) is 16.7 Å². The fourth-order valence-corrected chi connectivity index (χ4v) is 8.59. The summed E-state index contributed by atoms with van der Waals surface area (Å²) >= 11 is 1.86. The molecule has 0 aliphatic carbocycles. The quantitative estimate of drug-likeness (QED) is 0.179. The Morgan fingerprint density at radius 2 is 0.979 bits per heavy atom. The van der Waals surface area contributed by atoms with Gasteiger partial charge in [-0.05, 0) is 70.8 Å². The molecule has 0 fully saturated rings. The average molecular weight is 617 g/mol. The molecule has 0 atom stereocenters. The van der Waals surface area contributed by atoms with Crippen molar-refractivity contribution in [2.24, 2.45) is 0 Å². The minimum atomic E-state index is 1.12. The molecule has 220 valence electrons. The summed E-state index contributed by atoms with van der Waals surface area (Å²) in [6.45, 7) is 0. The molecule has 0 N–H and O–H groups in total. The molecule has 0 radical (unpaired) electrons. The number of anilines is 3. The van der Waals surface area contributed by atoms with E-state index in [1.807, 2.05) is 11.3 Å². The van der Waals surface area contributed by atoms with Gasteiger partial charge in [-0.1, -0.05) is 115 Å². The standard InChI is InChI=1S/C44H28N2S/c1-2-13-30(14-3-1)46-40-20-10-8-18-36(40)37-24-22-31(27-42(37)46)45(32-23-25-39-38-19-9-11-21-43(38)47-44(39)28-32)41-26-29-12-4-5-15-33(29)34-16-6-7-17-35(34)41/h1-28H. The van der Waals surface area contributed by atoms with E-state index in [1.165, 1.54) is 69.2 Å². The van der Waals surface area contributed by atoms with Crippen LogP contribution in [0.3, 0.4) is 0 Å². The number of aromatic nitrogens is 1. The summed E-state index contributed by atoms with van der Waals surface area (Å²) in [6.07, 6.45) is 0. The first-order valence-electron chi connectivity index (χ1n) is 16.0. The highest BCUT2D eigenvalue weighted by atomic mass is 32.1. The predicted octanol–water partition coefficient (Wildman–Crippen LogP) is 12.9. The number of fused-ring (bicyclic) bond motifs is 9. The van der Waals surface area contributed by atoms with E-state index in [-0.39, 0.29) is 0 Å². The molecule has 8 aromatic carbocycles. The normalized spacial score (nSPS) is 11.8. The zero-order chi connectivity index (χ0) is 30.9. The molecule has 2 heterocycles. The molecule has 0 spiro atoms. The van der Waals surface area contributed by atoms with Gasteiger partial charge in [-0.25, -0.2) is 0 Å². The summed E-state index contributed by atoms with van der Waals surface area (Å²) in [6, 6.07) is 62.1. The minimum absolute atomic E-state index is 1.12. The summed E-state index contributed by atoms with van der Waals surface area (Å²) in [5, 5.41) is 10.1. The number of hydrogen-bond donors (Lipinski definition) is 0. The highest BCUT2D eigenvalue weighted by Crippen LogP contribution is 2.45. The van der Waals surface area contributed by atoms with E-state index >= 15 is 0 Å². The van der Waals surface area contributed by atoms with Crippen LogP contribution in [-0.2, 0) is 0 Å². The van der Waals surface area contributed by atoms with Gasteiger partial charge >= 0.3 is 0 Å². The molecule has 47 heavy (non-hydrogen) atoms. The van der Waals surface area contributed by atoms with Gasteiger partial charge in [0.1, 0.15) is 0 Å². The van der Waals surface area contributed by atoms with Crippen LogP contribution in [0.25, 0.3) is 69.2 Å². The Balaban J connectivity index is 1.30. The Hall–Kier alpha value is -5.90. The molecule has 10 rings (SSSR count). The molecule has 0 saturated carbocycles. The number of hydrogen-bond acceptors (Lipinski definition) is 2. The first kappa shape index (κ1) is 26.3. The van der Waals surface area contributed by atoms with Crippen molar-refractivity contribution in [1.82, 2.24) is 4.57 Å². The minimum Gasteiger partial charge on any atom is -0.310 e. The molecule has 0 bridgehead atoms. The summed E-state index contributed by atoms with van der Waals surface area (Å²) in [5.41, 5.74) is 6.99. The van der Waals surface area contributed by atoms with Gasteiger partial charge in [0.15, 0.2) is 0 Å². The van der Waals surface area contributed by atoms with Gasteiger partial charge in [-0.2, -0.15) is 0 Å². The Bertz CT molecular complexity index is 2810. The van der Waals surface area contributed by atoms with Crippen LogP contribution < -0.4 is 4.90 Å². The maximum atomic E-state index is 2.46. The van der Waals surface area contributed by atoms with Gasteiger partial charge in [0, 0.05) is 53.4 Å². The van der Waals surface area contributed by atoms with Crippen LogP contribution in [0.4, 0.5) is 17.1 Å². The van der Waals surface area contributed by atoms with Gasteiger partial charge in [0.25, 0.3) is 0 Å². The lowest BCUT2D eigenvalue weighted by Crippen LogP contribution is -2.11. The lowest BCUT2D eigenvalue weighted by molar-refractivity contribution is 1.18. The molecular formula is C44H28N2S. The van der Waals surface area contributed by atoms with Crippen molar-refractivity contribution in [2.45, 2.75) is 0 Å². The average Bonchev–Trinajstić information content (AvgIpc) is 3.67. The third kappa shape index (κ3) is 4.04. The van der Waals surface area contributed by atoms with Crippen molar-refractivity contribution in [3.05, 3.63) is 170 Å². The van der Waals surface area contributed by atoms with Gasteiger partial charge in [-0.3, -0.25) is 0 Å². The molecule has 10 aromatic rings. The third-order valence-corrected chi connectivity index (χ3v) is 10.7. The Labute approximate surface area is 276 Å². The lowest BCUT2D eigenvalue weighted by atomic mass is 9.99. The Morgan fingerprint density at radius 1 is 0.383 bits per heavy atom. The van der Waals surface area contributed by atoms with Crippen molar-refractivity contribution in [3.8, 4) is 5.69 Å². The van der Waals surface area contributed by atoms with Crippen LogP contribution >= 0.6 is 11.3 Å². The number of benzene rings is 8. The molecule has 2 aromatic heterocycles. The molecule has 3 heteroatoms. The molecule has 0 aliphatic rings. The van der Waals surface area contributed by atoms with Crippen molar-refractivity contribution >= 4 is 91.9 Å². The van der Waals surface area contributed by atoms with Gasteiger partial charge in [-0.15, -0.1) is 11.3 Å².